The summed E-state index contributed by atoms with van der Waals surface area (Å²) in [6, 6.07) is 9.97. The number of aromatic hydroxyl groups is 1. The summed E-state index contributed by atoms with van der Waals surface area (Å²) in [7, 11) is 1.29. The molecule has 0 spiro atoms. The third kappa shape index (κ3) is 6.96. The SMILES string of the molecule is CCC(=O)Nc1cc(C(=N)C(=O)Nc2ccc(C#N)cc2C(=O)O)c(O)cc1-c1ccc(N(C)C(C)=O)cc1C(F)(F)F. The molecule has 0 saturated heterocycles. The van der Waals surface area contributed by atoms with Gasteiger partial charge in [-0.3, -0.25) is 19.8 Å². The van der Waals surface area contributed by atoms with E-state index in [4.69, 9.17) is 10.7 Å². The zero-order valence-corrected chi connectivity index (χ0v) is 22.9. The summed E-state index contributed by atoms with van der Waals surface area (Å²) in [6.45, 7) is 2.65. The van der Waals surface area contributed by atoms with Crippen molar-refractivity contribution in [1.29, 1.82) is 10.7 Å². The first kappa shape index (κ1) is 31.8. The van der Waals surface area contributed by atoms with Crippen molar-refractivity contribution in [1.82, 2.24) is 0 Å². The number of carboxylic acid groups (broad SMARTS) is 1. The molecular formula is C29H24F3N5O6. The van der Waals surface area contributed by atoms with Crippen LogP contribution in [0.5, 0.6) is 5.75 Å². The second-order valence-electron chi connectivity index (χ2n) is 9.13. The minimum absolute atomic E-state index is 0.00536. The van der Waals surface area contributed by atoms with Gasteiger partial charge >= 0.3 is 12.1 Å². The molecule has 0 aliphatic rings. The van der Waals surface area contributed by atoms with Gasteiger partial charge in [-0.05, 0) is 48.0 Å². The number of halogens is 3. The lowest BCUT2D eigenvalue weighted by atomic mass is 9.94. The van der Waals surface area contributed by atoms with Crippen LogP contribution >= 0.6 is 0 Å². The van der Waals surface area contributed by atoms with E-state index in [0.717, 1.165) is 41.3 Å². The predicted molar refractivity (Wildman–Crippen MR) is 150 cm³/mol. The molecule has 3 aromatic rings. The molecule has 0 atom stereocenters. The lowest BCUT2D eigenvalue weighted by Gasteiger charge is -2.21. The molecule has 3 amide bonds. The van der Waals surface area contributed by atoms with Crippen LogP contribution in [0.25, 0.3) is 11.1 Å². The first-order valence-electron chi connectivity index (χ1n) is 12.4. The van der Waals surface area contributed by atoms with Crippen LogP contribution in [0.4, 0.5) is 30.2 Å². The highest BCUT2D eigenvalue weighted by molar-refractivity contribution is 6.48. The van der Waals surface area contributed by atoms with Crippen LogP contribution in [0.2, 0.25) is 0 Å². The molecule has 0 radical (unpaired) electrons. The number of alkyl halides is 3. The number of carbonyl (C=O) groups excluding carboxylic acids is 3. The minimum Gasteiger partial charge on any atom is -0.507 e. The number of nitrogens with one attached hydrogen (secondary N) is 3. The van der Waals surface area contributed by atoms with Crippen LogP contribution in [0.15, 0.2) is 48.5 Å². The second-order valence-corrected chi connectivity index (χ2v) is 9.13. The number of anilines is 3. The molecule has 0 saturated carbocycles. The summed E-state index contributed by atoms with van der Waals surface area (Å²) in [5.74, 6) is -4.61. The van der Waals surface area contributed by atoms with Crippen molar-refractivity contribution in [3.05, 3.63) is 70.8 Å². The topological polar surface area (TPSA) is 184 Å². The standard InChI is InChI=1S/C29H24F3N5O6/c1-4-25(40)35-23-11-20(26(34)27(41)36-22-8-5-15(13-33)9-19(22)28(42)43)24(39)12-18(23)17-7-6-16(37(3)14(2)38)10-21(17)29(30,31)32/h5-12,34,39H,4H2,1-3H3,(H,35,40)(H,36,41)(H,42,43). The third-order valence-electron chi connectivity index (χ3n) is 6.31. The van der Waals surface area contributed by atoms with Crippen molar-refractivity contribution in [3.8, 4) is 22.9 Å². The number of nitrogens with zero attached hydrogens (tertiary/aromatic N) is 2. The quantitative estimate of drug-likeness (QED) is 0.179. The minimum atomic E-state index is -4.93. The van der Waals surface area contributed by atoms with Crippen LogP contribution in [-0.4, -0.2) is 46.7 Å². The van der Waals surface area contributed by atoms with E-state index in [1.165, 1.54) is 33.0 Å². The highest BCUT2D eigenvalue weighted by atomic mass is 19.4. The summed E-state index contributed by atoms with van der Waals surface area (Å²) in [5.41, 5.74) is -4.39. The molecule has 222 valence electrons. The molecule has 0 fully saturated rings. The van der Waals surface area contributed by atoms with E-state index >= 15 is 0 Å². The van der Waals surface area contributed by atoms with Crippen LogP contribution in [0, 0.1) is 16.7 Å². The number of amides is 3. The highest BCUT2D eigenvalue weighted by Gasteiger charge is 2.35. The van der Waals surface area contributed by atoms with Gasteiger partial charge in [0.25, 0.3) is 5.91 Å². The number of phenolic OH excluding ortho intramolecular Hbond substituents is 1. The van der Waals surface area contributed by atoms with E-state index in [1.54, 1.807) is 6.07 Å². The van der Waals surface area contributed by atoms with Crippen molar-refractivity contribution in [3.63, 3.8) is 0 Å². The number of hydrogen-bond acceptors (Lipinski definition) is 7. The predicted octanol–water partition coefficient (Wildman–Crippen LogP) is 4.99. The number of hydrogen-bond donors (Lipinski definition) is 5. The van der Waals surface area contributed by atoms with E-state index in [2.05, 4.69) is 10.6 Å². The maximum atomic E-state index is 14.2. The monoisotopic (exact) mass is 595 g/mol. The maximum Gasteiger partial charge on any atom is 0.417 e. The molecule has 43 heavy (non-hydrogen) atoms. The molecular weight excluding hydrogens is 571 g/mol. The lowest BCUT2D eigenvalue weighted by Crippen LogP contribution is -2.24. The van der Waals surface area contributed by atoms with Gasteiger partial charge in [-0.15, -0.1) is 0 Å². The van der Waals surface area contributed by atoms with Gasteiger partial charge in [0, 0.05) is 42.9 Å². The Morgan fingerprint density at radius 1 is 0.977 bits per heavy atom. The Labute approximate surface area is 242 Å². The molecule has 0 aromatic heterocycles. The van der Waals surface area contributed by atoms with Crippen molar-refractivity contribution >= 4 is 46.5 Å². The van der Waals surface area contributed by atoms with Crippen LogP contribution < -0.4 is 15.5 Å². The van der Waals surface area contributed by atoms with Crippen LogP contribution in [-0.2, 0) is 20.6 Å². The summed E-state index contributed by atoms with van der Waals surface area (Å²) < 4.78 is 42.6. The number of rotatable bonds is 8. The van der Waals surface area contributed by atoms with E-state index in [-0.39, 0.29) is 34.6 Å². The zero-order valence-electron chi connectivity index (χ0n) is 22.9. The van der Waals surface area contributed by atoms with Gasteiger partial charge in [0.1, 0.15) is 11.5 Å². The Morgan fingerprint density at radius 3 is 2.21 bits per heavy atom. The summed E-state index contributed by atoms with van der Waals surface area (Å²) in [5, 5.41) is 42.2. The van der Waals surface area contributed by atoms with Crippen molar-refractivity contribution in [2.75, 3.05) is 22.6 Å². The second kappa shape index (κ2) is 12.4. The fraction of sp³-hybridized carbons (Fsp3) is 0.172. The summed E-state index contributed by atoms with van der Waals surface area (Å²) >= 11 is 0. The van der Waals surface area contributed by atoms with Gasteiger partial charge in [-0.25, -0.2) is 4.79 Å². The van der Waals surface area contributed by atoms with Gasteiger partial charge in [-0.2, -0.15) is 18.4 Å². The van der Waals surface area contributed by atoms with Gasteiger partial charge in [0.15, 0.2) is 0 Å². The zero-order chi connectivity index (χ0) is 32.2. The fourth-order valence-corrected chi connectivity index (χ4v) is 3.95. The van der Waals surface area contributed by atoms with Gasteiger partial charge in [0.05, 0.1) is 28.4 Å². The van der Waals surface area contributed by atoms with Crippen LogP contribution in [0.3, 0.4) is 0 Å². The van der Waals surface area contributed by atoms with Crippen LogP contribution in [0.1, 0.15) is 47.3 Å². The van der Waals surface area contributed by atoms with E-state index in [9.17, 15) is 42.6 Å². The normalized spacial score (nSPS) is 10.8. The molecule has 3 aromatic carbocycles. The molecule has 5 N–H and O–H groups in total. The van der Waals surface area contributed by atoms with E-state index < -0.39 is 63.6 Å². The number of benzene rings is 3. The largest absolute Gasteiger partial charge is 0.507 e. The number of carbonyl (C=O) groups is 4. The smallest absolute Gasteiger partial charge is 0.417 e. The maximum absolute atomic E-state index is 14.2. The van der Waals surface area contributed by atoms with E-state index in [0.29, 0.717) is 0 Å². The number of aromatic carboxylic acids is 1. The van der Waals surface area contributed by atoms with Crippen molar-refractivity contribution < 1.29 is 42.6 Å². The molecule has 0 unspecified atom stereocenters. The van der Waals surface area contributed by atoms with Gasteiger partial charge in [0.2, 0.25) is 11.8 Å². The Bertz CT molecular complexity index is 1710. The first-order valence-corrected chi connectivity index (χ1v) is 12.4. The van der Waals surface area contributed by atoms with E-state index in [1.807, 2.05) is 0 Å². The molecule has 0 aliphatic heterocycles. The first-order chi connectivity index (χ1) is 20.1. The number of phenols is 1. The molecule has 0 bridgehead atoms. The molecule has 0 heterocycles. The lowest BCUT2D eigenvalue weighted by molar-refractivity contribution is -0.137. The third-order valence-corrected chi connectivity index (χ3v) is 6.31. The molecule has 3 rings (SSSR count). The Kier molecular flexibility index (Phi) is 9.20. The summed E-state index contributed by atoms with van der Waals surface area (Å²) in [6.07, 6.45) is -5.02. The van der Waals surface area contributed by atoms with Gasteiger partial charge in [-0.1, -0.05) is 13.0 Å². The highest BCUT2D eigenvalue weighted by Crippen LogP contribution is 2.43. The Morgan fingerprint density at radius 2 is 1.65 bits per heavy atom. The Balaban J connectivity index is 2.15. The molecule has 11 nitrogen and oxygen atoms in total. The average molecular weight is 596 g/mol. The van der Waals surface area contributed by atoms with Crippen molar-refractivity contribution in [2.24, 2.45) is 0 Å². The Hall–Kier alpha value is -5.71. The average Bonchev–Trinajstić information content (AvgIpc) is 2.96. The molecule has 0 aliphatic carbocycles. The fourth-order valence-electron chi connectivity index (χ4n) is 3.95. The van der Waals surface area contributed by atoms with Gasteiger partial charge < -0.3 is 25.7 Å². The number of carboxylic acids is 1. The summed E-state index contributed by atoms with van der Waals surface area (Å²) in [4.78, 5) is 49.6. The molecule has 14 heteroatoms. The van der Waals surface area contributed by atoms with Crippen molar-refractivity contribution in [2.45, 2.75) is 26.4 Å². The number of nitriles is 1.